The van der Waals surface area contributed by atoms with Gasteiger partial charge >= 0.3 is 5.97 Å². The van der Waals surface area contributed by atoms with Gasteiger partial charge in [-0.15, -0.1) is 0 Å². The van der Waals surface area contributed by atoms with Crippen molar-refractivity contribution in [3.05, 3.63) is 70.9 Å². The van der Waals surface area contributed by atoms with Crippen LogP contribution in [0, 0.1) is 0 Å². The number of aliphatic carboxylic acids is 1. The average molecular weight is 473 g/mol. The van der Waals surface area contributed by atoms with Crippen molar-refractivity contribution in [1.29, 1.82) is 0 Å². The number of likely N-dealkylation sites (tertiary alicyclic amines) is 1. The second-order valence-corrected chi connectivity index (χ2v) is 8.90. The molecular weight excluding hydrogens is 444 g/mol. The Kier molecular flexibility index (Phi) is 6.33. The molecule has 0 atom stereocenters. The summed E-state index contributed by atoms with van der Waals surface area (Å²) >= 11 is 0. The third-order valence-corrected chi connectivity index (χ3v) is 6.66. The van der Waals surface area contributed by atoms with Crippen LogP contribution in [0.25, 0.3) is 22.0 Å². The summed E-state index contributed by atoms with van der Waals surface area (Å²) in [5, 5.41) is 17.7. The van der Waals surface area contributed by atoms with E-state index in [0.717, 1.165) is 30.7 Å². The van der Waals surface area contributed by atoms with Crippen LogP contribution in [0.15, 0.2) is 59.8 Å². The number of hydrogen-bond donors (Lipinski definition) is 3. The topological polar surface area (TPSA) is 116 Å². The highest BCUT2D eigenvalue weighted by molar-refractivity contribution is 5.95. The van der Waals surface area contributed by atoms with Crippen LogP contribution in [0.1, 0.15) is 31.2 Å². The van der Waals surface area contributed by atoms with Gasteiger partial charge in [-0.25, -0.2) is 4.98 Å². The van der Waals surface area contributed by atoms with Crippen molar-refractivity contribution in [1.82, 2.24) is 24.6 Å². The van der Waals surface area contributed by atoms with Crippen LogP contribution < -0.4 is 10.9 Å². The minimum absolute atomic E-state index is 0.232. The Balaban J connectivity index is 1.44. The zero-order valence-corrected chi connectivity index (χ0v) is 19.6. The second-order valence-electron chi connectivity index (χ2n) is 8.90. The molecule has 9 nitrogen and oxygen atoms in total. The number of aromatic amines is 1. The van der Waals surface area contributed by atoms with E-state index in [2.05, 4.69) is 39.4 Å². The number of carboxylic acids is 1. The molecule has 5 rings (SSSR count). The van der Waals surface area contributed by atoms with Gasteiger partial charge in [-0.3, -0.25) is 14.3 Å². The lowest BCUT2D eigenvalue weighted by molar-refractivity contribution is -0.137. The molecule has 0 amide bonds. The minimum atomic E-state index is -0.973. The molecule has 1 aliphatic rings. The van der Waals surface area contributed by atoms with Crippen LogP contribution in [0.5, 0.6) is 0 Å². The van der Waals surface area contributed by atoms with E-state index in [9.17, 15) is 9.59 Å². The zero-order chi connectivity index (χ0) is 24.4. The molecule has 4 heterocycles. The van der Waals surface area contributed by atoms with E-state index in [1.54, 1.807) is 18.6 Å². The number of benzene rings is 1. The highest BCUT2D eigenvalue weighted by atomic mass is 16.4. The van der Waals surface area contributed by atoms with Crippen molar-refractivity contribution in [3.63, 3.8) is 0 Å². The van der Waals surface area contributed by atoms with Gasteiger partial charge in [-0.2, -0.15) is 5.10 Å². The highest BCUT2D eigenvalue weighted by Gasteiger charge is 2.19. The number of pyridine rings is 2. The SMILES string of the molecule is CCN1CCC(c2ccc(Nc3nc(-c4cnn(CC(=O)O)c4)cc4cc[nH]c(=O)c34)cc2)CC1. The number of aromatic nitrogens is 4. The first-order valence-electron chi connectivity index (χ1n) is 11.9. The molecule has 1 aromatic carbocycles. The first kappa shape index (κ1) is 22.8. The fourth-order valence-electron chi connectivity index (χ4n) is 4.73. The summed E-state index contributed by atoms with van der Waals surface area (Å²) in [5.74, 6) is 0.0352. The molecule has 3 N–H and O–H groups in total. The number of nitrogens with one attached hydrogen (secondary N) is 2. The Hall–Kier alpha value is -3.98. The fourth-order valence-corrected chi connectivity index (χ4v) is 4.73. The molecule has 180 valence electrons. The Morgan fingerprint density at radius 1 is 1.20 bits per heavy atom. The van der Waals surface area contributed by atoms with Crippen LogP contribution >= 0.6 is 0 Å². The van der Waals surface area contributed by atoms with Crippen LogP contribution in [-0.4, -0.2) is 55.4 Å². The first-order valence-corrected chi connectivity index (χ1v) is 11.9. The summed E-state index contributed by atoms with van der Waals surface area (Å²) in [6, 6.07) is 12.0. The Morgan fingerprint density at radius 2 is 1.97 bits per heavy atom. The molecule has 0 saturated carbocycles. The number of piperidine rings is 1. The van der Waals surface area contributed by atoms with Gasteiger partial charge in [0.25, 0.3) is 5.56 Å². The number of carboxylic acid groups (broad SMARTS) is 1. The molecular formula is C26H28N6O3. The highest BCUT2D eigenvalue weighted by Crippen LogP contribution is 2.31. The smallest absolute Gasteiger partial charge is 0.325 e. The number of carbonyl (C=O) groups is 1. The molecule has 0 bridgehead atoms. The quantitative estimate of drug-likeness (QED) is 0.374. The number of hydrogen-bond acceptors (Lipinski definition) is 6. The predicted octanol–water partition coefficient (Wildman–Crippen LogP) is 3.81. The van der Waals surface area contributed by atoms with E-state index in [1.165, 1.54) is 23.1 Å². The van der Waals surface area contributed by atoms with Gasteiger partial charge in [0.05, 0.1) is 17.3 Å². The van der Waals surface area contributed by atoms with E-state index < -0.39 is 5.97 Å². The van der Waals surface area contributed by atoms with E-state index in [4.69, 9.17) is 10.1 Å². The van der Waals surface area contributed by atoms with Crippen LogP contribution in [0.4, 0.5) is 11.5 Å². The van der Waals surface area contributed by atoms with E-state index in [-0.39, 0.29) is 12.1 Å². The molecule has 0 spiro atoms. The van der Waals surface area contributed by atoms with Crippen molar-refractivity contribution >= 4 is 28.2 Å². The van der Waals surface area contributed by atoms with E-state index in [0.29, 0.717) is 28.4 Å². The number of nitrogens with zero attached hydrogens (tertiary/aromatic N) is 4. The zero-order valence-electron chi connectivity index (χ0n) is 19.6. The maximum atomic E-state index is 12.7. The Labute approximate surface area is 202 Å². The third-order valence-electron chi connectivity index (χ3n) is 6.66. The number of fused-ring (bicyclic) bond motifs is 1. The summed E-state index contributed by atoms with van der Waals surface area (Å²) in [6.07, 6.45) is 7.15. The molecule has 9 heteroatoms. The molecule has 0 aliphatic carbocycles. The molecule has 1 saturated heterocycles. The molecule has 3 aromatic heterocycles. The lowest BCUT2D eigenvalue weighted by Crippen LogP contribution is -2.32. The second kappa shape index (κ2) is 9.71. The average Bonchev–Trinajstić information content (AvgIpc) is 3.32. The molecule has 0 radical (unpaired) electrons. The van der Waals surface area contributed by atoms with Gasteiger partial charge in [0.1, 0.15) is 12.4 Å². The van der Waals surface area contributed by atoms with Crippen LogP contribution in [-0.2, 0) is 11.3 Å². The minimum Gasteiger partial charge on any atom is -0.480 e. The van der Waals surface area contributed by atoms with Crippen LogP contribution in [0.2, 0.25) is 0 Å². The molecule has 35 heavy (non-hydrogen) atoms. The standard InChI is InChI=1S/C26H28N6O3/c1-2-31-11-8-18(9-12-31)17-3-5-21(6-4-17)29-25-24-19(7-10-27-26(24)35)13-22(30-25)20-14-28-32(15-20)16-23(33)34/h3-7,10,13-15,18H,2,8-9,11-12,16H2,1H3,(H,27,35)(H,29,30)(H,33,34). The van der Waals surface area contributed by atoms with E-state index >= 15 is 0 Å². The van der Waals surface area contributed by atoms with Crippen molar-refractivity contribution in [3.8, 4) is 11.3 Å². The monoisotopic (exact) mass is 472 g/mol. The fraction of sp³-hybridized carbons (Fsp3) is 0.308. The van der Waals surface area contributed by atoms with Crippen LogP contribution in [0.3, 0.4) is 0 Å². The number of H-pyrrole nitrogens is 1. The van der Waals surface area contributed by atoms with Crippen molar-refractivity contribution in [2.75, 3.05) is 25.0 Å². The molecule has 1 fully saturated rings. The molecule has 0 unspecified atom stereocenters. The third kappa shape index (κ3) is 4.95. The predicted molar refractivity (Wildman–Crippen MR) is 135 cm³/mol. The summed E-state index contributed by atoms with van der Waals surface area (Å²) in [5.41, 5.74) is 3.22. The van der Waals surface area contributed by atoms with Gasteiger partial charge in [-0.05, 0) is 73.6 Å². The lowest BCUT2D eigenvalue weighted by Gasteiger charge is -2.31. The summed E-state index contributed by atoms with van der Waals surface area (Å²) < 4.78 is 1.35. The summed E-state index contributed by atoms with van der Waals surface area (Å²) in [4.78, 5) is 33.6. The Morgan fingerprint density at radius 3 is 2.69 bits per heavy atom. The number of rotatable bonds is 7. The maximum Gasteiger partial charge on any atom is 0.325 e. The normalized spacial score (nSPS) is 14.9. The van der Waals surface area contributed by atoms with E-state index in [1.807, 2.05) is 24.3 Å². The maximum absolute atomic E-state index is 12.7. The van der Waals surface area contributed by atoms with Gasteiger partial charge < -0.3 is 20.3 Å². The summed E-state index contributed by atoms with van der Waals surface area (Å²) in [6.45, 7) is 5.35. The first-order chi connectivity index (χ1) is 17.0. The van der Waals surface area contributed by atoms with Gasteiger partial charge in [0.2, 0.25) is 0 Å². The van der Waals surface area contributed by atoms with Crippen molar-refractivity contribution in [2.45, 2.75) is 32.2 Å². The van der Waals surface area contributed by atoms with Crippen molar-refractivity contribution < 1.29 is 9.90 Å². The Bertz CT molecular complexity index is 1400. The molecule has 4 aromatic rings. The van der Waals surface area contributed by atoms with Gasteiger partial charge in [0, 0.05) is 23.6 Å². The molecule has 1 aliphatic heterocycles. The van der Waals surface area contributed by atoms with Crippen molar-refractivity contribution in [2.24, 2.45) is 0 Å². The number of anilines is 2. The van der Waals surface area contributed by atoms with Gasteiger partial charge in [-0.1, -0.05) is 19.1 Å². The largest absolute Gasteiger partial charge is 0.480 e. The lowest BCUT2D eigenvalue weighted by atomic mass is 9.89. The summed E-state index contributed by atoms with van der Waals surface area (Å²) in [7, 11) is 0. The van der Waals surface area contributed by atoms with Gasteiger partial charge in [0.15, 0.2) is 0 Å².